The predicted octanol–water partition coefficient (Wildman–Crippen LogP) is 3.18. The molecule has 0 fully saturated rings. The Hall–Kier alpha value is -1.22. The SMILES string of the molecule is CCCN(C(=O)c1ccc(Cl)c(N)c1)C(C)C. The highest BCUT2D eigenvalue weighted by atomic mass is 35.5. The fraction of sp³-hybridized carbons (Fsp3) is 0.462. The average molecular weight is 255 g/mol. The van der Waals surface area contributed by atoms with Gasteiger partial charge in [-0.1, -0.05) is 18.5 Å². The highest BCUT2D eigenvalue weighted by Gasteiger charge is 2.18. The molecular weight excluding hydrogens is 236 g/mol. The Kier molecular flexibility index (Phi) is 4.82. The Bertz CT molecular complexity index is 404. The molecule has 0 aromatic heterocycles. The van der Waals surface area contributed by atoms with Gasteiger partial charge in [-0.2, -0.15) is 0 Å². The summed E-state index contributed by atoms with van der Waals surface area (Å²) in [6, 6.07) is 5.19. The number of carbonyl (C=O) groups is 1. The first-order valence-corrected chi connectivity index (χ1v) is 6.21. The summed E-state index contributed by atoms with van der Waals surface area (Å²) >= 11 is 5.84. The van der Waals surface area contributed by atoms with Crippen LogP contribution < -0.4 is 5.73 Å². The fourth-order valence-corrected chi connectivity index (χ4v) is 1.80. The third-order valence-corrected chi connectivity index (χ3v) is 2.94. The number of halogens is 1. The Morgan fingerprint density at radius 3 is 2.59 bits per heavy atom. The average Bonchev–Trinajstić information content (AvgIpc) is 2.28. The maximum absolute atomic E-state index is 12.3. The highest BCUT2D eigenvalue weighted by molar-refractivity contribution is 6.33. The largest absolute Gasteiger partial charge is 0.398 e. The van der Waals surface area contributed by atoms with E-state index < -0.39 is 0 Å². The molecule has 1 amide bonds. The molecule has 0 aliphatic rings. The van der Waals surface area contributed by atoms with Crippen molar-refractivity contribution in [3.63, 3.8) is 0 Å². The van der Waals surface area contributed by atoms with Gasteiger partial charge in [0.1, 0.15) is 0 Å². The van der Waals surface area contributed by atoms with Crippen LogP contribution >= 0.6 is 11.6 Å². The number of hydrogen-bond acceptors (Lipinski definition) is 2. The summed E-state index contributed by atoms with van der Waals surface area (Å²) in [5.74, 6) is 0.00483. The van der Waals surface area contributed by atoms with E-state index in [4.69, 9.17) is 17.3 Å². The van der Waals surface area contributed by atoms with E-state index in [1.165, 1.54) is 0 Å². The lowest BCUT2D eigenvalue weighted by molar-refractivity contribution is 0.0706. The summed E-state index contributed by atoms with van der Waals surface area (Å²) in [5, 5.41) is 0.480. The van der Waals surface area contributed by atoms with Gasteiger partial charge in [0, 0.05) is 18.2 Å². The topological polar surface area (TPSA) is 46.3 Å². The fourth-order valence-electron chi connectivity index (χ4n) is 1.68. The summed E-state index contributed by atoms with van der Waals surface area (Å²) in [5.41, 5.74) is 6.74. The van der Waals surface area contributed by atoms with Gasteiger partial charge in [-0.25, -0.2) is 0 Å². The maximum atomic E-state index is 12.3. The van der Waals surface area contributed by atoms with Gasteiger partial charge in [0.2, 0.25) is 0 Å². The number of rotatable bonds is 4. The van der Waals surface area contributed by atoms with Crippen molar-refractivity contribution in [3.05, 3.63) is 28.8 Å². The normalized spacial score (nSPS) is 10.6. The first kappa shape index (κ1) is 13.8. The number of amides is 1. The number of carbonyl (C=O) groups excluding carboxylic acids is 1. The molecule has 0 aliphatic carbocycles. The van der Waals surface area contributed by atoms with Crippen LogP contribution in [0, 0.1) is 0 Å². The van der Waals surface area contributed by atoms with Crippen molar-refractivity contribution in [1.29, 1.82) is 0 Å². The Labute approximate surface area is 108 Å². The second-order valence-corrected chi connectivity index (χ2v) is 4.74. The summed E-state index contributed by atoms with van der Waals surface area (Å²) in [6.07, 6.45) is 0.937. The molecule has 0 saturated heterocycles. The quantitative estimate of drug-likeness (QED) is 0.839. The van der Waals surface area contributed by atoms with Crippen molar-refractivity contribution >= 4 is 23.2 Å². The molecule has 1 rings (SSSR count). The van der Waals surface area contributed by atoms with Crippen molar-refractivity contribution in [2.45, 2.75) is 33.2 Å². The van der Waals surface area contributed by atoms with Crippen molar-refractivity contribution in [2.24, 2.45) is 0 Å². The molecule has 94 valence electrons. The van der Waals surface area contributed by atoms with Crippen LogP contribution in [0.1, 0.15) is 37.6 Å². The van der Waals surface area contributed by atoms with E-state index in [0.29, 0.717) is 16.3 Å². The minimum absolute atomic E-state index is 0.00483. The van der Waals surface area contributed by atoms with Crippen LogP contribution in [0.2, 0.25) is 5.02 Å². The van der Waals surface area contributed by atoms with Crippen LogP contribution in [-0.4, -0.2) is 23.4 Å². The molecule has 1 aromatic rings. The van der Waals surface area contributed by atoms with Gasteiger partial charge >= 0.3 is 0 Å². The first-order chi connectivity index (χ1) is 7.97. The second-order valence-electron chi connectivity index (χ2n) is 4.33. The second kappa shape index (κ2) is 5.92. The van der Waals surface area contributed by atoms with E-state index in [0.717, 1.165) is 13.0 Å². The standard InChI is InChI=1S/C13H19ClN2O/c1-4-7-16(9(2)3)13(17)10-5-6-11(14)12(15)8-10/h5-6,8-9H,4,7,15H2,1-3H3. The molecule has 17 heavy (non-hydrogen) atoms. The van der Waals surface area contributed by atoms with E-state index in [2.05, 4.69) is 6.92 Å². The molecule has 0 aliphatic heterocycles. The van der Waals surface area contributed by atoms with Crippen LogP contribution in [0.3, 0.4) is 0 Å². The minimum atomic E-state index is 0.00483. The number of nitrogen functional groups attached to an aromatic ring is 1. The Balaban J connectivity index is 2.97. The van der Waals surface area contributed by atoms with Crippen molar-refractivity contribution in [3.8, 4) is 0 Å². The van der Waals surface area contributed by atoms with Crippen LogP contribution in [0.15, 0.2) is 18.2 Å². The molecule has 0 radical (unpaired) electrons. The number of hydrogen-bond donors (Lipinski definition) is 1. The molecule has 3 nitrogen and oxygen atoms in total. The summed E-state index contributed by atoms with van der Waals surface area (Å²) in [7, 11) is 0. The monoisotopic (exact) mass is 254 g/mol. The first-order valence-electron chi connectivity index (χ1n) is 5.83. The third-order valence-electron chi connectivity index (χ3n) is 2.59. The molecular formula is C13H19ClN2O. The molecule has 0 spiro atoms. The van der Waals surface area contributed by atoms with Crippen LogP contribution in [0.4, 0.5) is 5.69 Å². The van der Waals surface area contributed by atoms with Crippen molar-refractivity contribution in [2.75, 3.05) is 12.3 Å². The van der Waals surface area contributed by atoms with E-state index in [1.807, 2.05) is 18.7 Å². The summed E-state index contributed by atoms with van der Waals surface area (Å²) in [4.78, 5) is 14.1. The number of nitrogens with zero attached hydrogens (tertiary/aromatic N) is 1. The third kappa shape index (κ3) is 3.37. The molecule has 1 aromatic carbocycles. The van der Waals surface area contributed by atoms with Gasteiger partial charge in [0.05, 0.1) is 10.7 Å². The minimum Gasteiger partial charge on any atom is -0.398 e. The zero-order valence-electron chi connectivity index (χ0n) is 10.5. The van der Waals surface area contributed by atoms with E-state index in [-0.39, 0.29) is 11.9 Å². The molecule has 0 heterocycles. The lowest BCUT2D eigenvalue weighted by atomic mass is 10.1. The summed E-state index contributed by atoms with van der Waals surface area (Å²) < 4.78 is 0. The molecule has 0 bridgehead atoms. The Morgan fingerprint density at radius 2 is 2.12 bits per heavy atom. The number of nitrogens with two attached hydrogens (primary N) is 1. The van der Waals surface area contributed by atoms with Gasteiger partial charge in [0.25, 0.3) is 5.91 Å². The molecule has 0 saturated carbocycles. The smallest absolute Gasteiger partial charge is 0.254 e. The van der Waals surface area contributed by atoms with Crippen LogP contribution in [-0.2, 0) is 0 Å². The molecule has 0 atom stereocenters. The zero-order chi connectivity index (χ0) is 13.0. The molecule has 4 heteroatoms. The van der Waals surface area contributed by atoms with E-state index in [9.17, 15) is 4.79 Å². The summed E-state index contributed by atoms with van der Waals surface area (Å²) in [6.45, 7) is 6.82. The number of anilines is 1. The van der Waals surface area contributed by atoms with Gasteiger partial charge in [0.15, 0.2) is 0 Å². The lowest BCUT2D eigenvalue weighted by Gasteiger charge is -2.26. The number of benzene rings is 1. The Morgan fingerprint density at radius 1 is 1.47 bits per heavy atom. The van der Waals surface area contributed by atoms with Crippen LogP contribution in [0.25, 0.3) is 0 Å². The van der Waals surface area contributed by atoms with Crippen molar-refractivity contribution < 1.29 is 4.79 Å². The van der Waals surface area contributed by atoms with E-state index in [1.54, 1.807) is 18.2 Å². The zero-order valence-corrected chi connectivity index (χ0v) is 11.3. The lowest BCUT2D eigenvalue weighted by Crippen LogP contribution is -2.37. The van der Waals surface area contributed by atoms with Gasteiger partial charge in [-0.05, 0) is 38.5 Å². The maximum Gasteiger partial charge on any atom is 0.254 e. The van der Waals surface area contributed by atoms with Gasteiger partial charge in [-0.15, -0.1) is 0 Å². The highest BCUT2D eigenvalue weighted by Crippen LogP contribution is 2.21. The van der Waals surface area contributed by atoms with Gasteiger partial charge < -0.3 is 10.6 Å². The van der Waals surface area contributed by atoms with E-state index >= 15 is 0 Å². The van der Waals surface area contributed by atoms with Crippen LogP contribution in [0.5, 0.6) is 0 Å². The van der Waals surface area contributed by atoms with Crippen molar-refractivity contribution in [1.82, 2.24) is 4.90 Å². The molecule has 0 unspecified atom stereocenters. The van der Waals surface area contributed by atoms with Gasteiger partial charge in [-0.3, -0.25) is 4.79 Å². The predicted molar refractivity (Wildman–Crippen MR) is 72.3 cm³/mol. The molecule has 2 N–H and O–H groups in total.